The first-order chi connectivity index (χ1) is 7.49. The van der Waals surface area contributed by atoms with Gasteiger partial charge in [0.2, 0.25) is 5.91 Å². The Hall–Kier alpha value is -0.220. The minimum Gasteiger partial charge on any atom is -0.343 e. The van der Waals surface area contributed by atoms with E-state index in [1.54, 1.807) is 0 Å². The van der Waals surface area contributed by atoms with Crippen LogP contribution in [0.5, 0.6) is 0 Å². The number of nitrogens with zero attached hydrogens (tertiary/aromatic N) is 1. The van der Waals surface area contributed by atoms with Gasteiger partial charge < -0.3 is 10.6 Å². The summed E-state index contributed by atoms with van der Waals surface area (Å²) in [5, 5.41) is 0. The molecule has 0 aromatic carbocycles. The Labute approximate surface area is 104 Å². The molecule has 0 aromatic heterocycles. The van der Waals surface area contributed by atoms with Gasteiger partial charge in [-0.25, -0.2) is 0 Å². The van der Waals surface area contributed by atoms with Gasteiger partial charge in [0.25, 0.3) is 0 Å². The Bertz CT molecular complexity index is 197. The first-order valence-electron chi connectivity index (χ1n) is 6.08. The SMILES string of the molecule is CCSCCC(C)N(C)C(=O)CCC(C)N. The number of carbonyl (C=O) groups is 1. The summed E-state index contributed by atoms with van der Waals surface area (Å²) in [5.74, 6) is 2.49. The van der Waals surface area contributed by atoms with Crippen molar-refractivity contribution in [2.75, 3.05) is 18.6 Å². The van der Waals surface area contributed by atoms with Crippen molar-refractivity contribution in [3.63, 3.8) is 0 Å². The summed E-state index contributed by atoms with van der Waals surface area (Å²) in [6.07, 6.45) is 2.41. The molecule has 0 aliphatic heterocycles. The van der Waals surface area contributed by atoms with Crippen molar-refractivity contribution in [2.24, 2.45) is 5.73 Å². The zero-order chi connectivity index (χ0) is 12.6. The first-order valence-corrected chi connectivity index (χ1v) is 7.23. The molecular formula is C12H26N2OS. The lowest BCUT2D eigenvalue weighted by Gasteiger charge is -2.25. The van der Waals surface area contributed by atoms with Gasteiger partial charge in [0.1, 0.15) is 0 Å². The number of amides is 1. The van der Waals surface area contributed by atoms with Crippen LogP contribution in [0.1, 0.15) is 40.0 Å². The fraction of sp³-hybridized carbons (Fsp3) is 0.917. The molecule has 0 bridgehead atoms. The van der Waals surface area contributed by atoms with Crippen LogP contribution in [0.3, 0.4) is 0 Å². The third-order valence-corrected chi connectivity index (χ3v) is 3.68. The van der Waals surface area contributed by atoms with E-state index in [0.29, 0.717) is 12.5 Å². The van der Waals surface area contributed by atoms with Gasteiger partial charge in [-0.1, -0.05) is 6.92 Å². The van der Waals surface area contributed by atoms with E-state index in [1.165, 1.54) is 0 Å². The molecule has 0 heterocycles. The monoisotopic (exact) mass is 246 g/mol. The highest BCUT2D eigenvalue weighted by Gasteiger charge is 2.15. The highest BCUT2D eigenvalue weighted by atomic mass is 32.2. The third kappa shape index (κ3) is 7.12. The van der Waals surface area contributed by atoms with Crippen molar-refractivity contribution in [2.45, 2.75) is 52.1 Å². The molecule has 0 radical (unpaired) electrons. The molecule has 0 aliphatic rings. The van der Waals surface area contributed by atoms with Crippen molar-refractivity contribution < 1.29 is 4.79 Å². The van der Waals surface area contributed by atoms with Crippen molar-refractivity contribution in [3.05, 3.63) is 0 Å². The topological polar surface area (TPSA) is 46.3 Å². The van der Waals surface area contributed by atoms with Gasteiger partial charge in [-0.3, -0.25) is 4.79 Å². The summed E-state index contributed by atoms with van der Waals surface area (Å²) in [6, 6.07) is 0.447. The van der Waals surface area contributed by atoms with E-state index >= 15 is 0 Å². The normalized spacial score (nSPS) is 14.6. The fourth-order valence-electron chi connectivity index (χ4n) is 1.37. The Kier molecular flexibility index (Phi) is 8.76. The van der Waals surface area contributed by atoms with E-state index in [0.717, 1.165) is 24.3 Å². The highest BCUT2D eigenvalue weighted by molar-refractivity contribution is 7.99. The van der Waals surface area contributed by atoms with Gasteiger partial charge in [-0.2, -0.15) is 11.8 Å². The summed E-state index contributed by atoms with van der Waals surface area (Å²) in [5.41, 5.74) is 5.64. The molecular weight excluding hydrogens is 220 g/mol. The van der Waals surface area contributed by atoms with E-state index < -0.39 is 0 Å². The van der Waals surface area contributed by atoms with Gasteiger partial charge in [0.05, 0.1) is 0 Å². The molecule has 96 valence electrons. The molecule has 0 fully saturated rings. The van der Waals surface area contributed by atoms with Crippen molar-refractivity contribution in [3.8, 4) is 0 Å². The van der Waals surface area contributed by atoms with Crippen LogP contribution in [-0.2, 0) is 4.79 Å². The minimum atomic E-state index is 0.114. The molecule has 3 nitrogen and oxygen atoms in total. The number of thioether (sulfide) groups is 1. The maximum Gasteiger partial charge on any atom is 0.222 e. The van der Waals surface area contributed by atoms with Crippen molar-refractivity contribution >= 4 is 17.7 Å². The summed E-state index contributed by atoms with van der Waals surface area (Å²) in [4.78, 5) is 13.6. The van der Waals surface area contributed by atoms with E-state index in [2.05, 4.69) is 13.8 Å². The van der Waals surface area contributed by atoms with E-state index in [4.69, 9.17) is 5.73 Å². The van der Waals surface area contributed by atoms with Crippen molar-refractivity contribution in [1.29, 1.82) is 0 Å². The number of hydrogen-bond donors (Lipinski definition) is 1. The van der Waals surface area contributed by atoms with E-state index in [9.17, 15) is 4.79 Å². The predicted molar refractivity (Wildman–Crippen MR) is 72.7 cm³/mol. The summed E-state index contributed by atoms with van der Waals surface area (Å²) < 4.78 is 0. The largest absolute Gasteiger partial charge is 0.343 e. The van der Waals surface area contributed by atoms with Crippen molar-refractivity contribution in [1.82, 2.24) is 4.90 Å². The molecule has 0 saturated heterocycles. The van der Waals surface area contributed by atoms with Crippen LogP contribution in [0, 0.1) is 0 Å². The Balaban J connectivity index is 3.82. The minimum absolute atomic E-state index is 0.114. The zero-order valence-electron chi connectivity index (χ0n) is 11.0. The highest BCUT2D eigenvalue weighted by Crippen LogP contribution is 2.10. The lowest BCUT2D eigenvalue weighted by Crippen LogP contribution is -2.36. The van der Waals surface area contributed by atoms with Crippen LogP contribution in [0.4, 0.5) is 0 Å². The Morgan fingerprint density at radius 3 is 2.50 bits per heavy atom. The first kappa shape index (κ1) is 15.8. The lowest BCUT2D eigenvalue weighted by molar-refractivity contribution is -0.131. The molecule has 0 rings (SSSR count). The lowest BCUT2D eigenvalue weighted by atomic mass is 10.1. The second-order valence-corrected chi connectivity index (χ2v) is 5.75. The molecule has 1 amide bonds. The molecule has 0 aromatic rings. The van der Waals surface area contributed by atoms with Gasteiger partial charge in [0, 0.05) is 25.6 Å². The molecule has 2 unspecified atom stereocenters. The van der Waals surface area contributed by atoms with E-state index in [1.807, 2.05) is 30.6 Å². The molecule has 0 saturated carbocycles. The van der Waals surface area contributed by atoms with Crippen LogP contribution in [0.15, 0.2) is 0 Å². The Morgan fingerprint density at radius 1 is 1.38 bits per heavy atom. The molecule has 2 atom stereocenters. The fourth-order valence-corrected chi connectivity index (χ4v) is 2.16. The molecule has 4 heteroatoms. The number of carbonyl (C=O) groups excluding carboxylic acids is 1. The van der Waals surface area contributed by atoms with E-state index in [-0.39, 0.29) is 11.9 Å². The quantitative estimate of drug-likeness (QED) is 0.667. The van der Waals surface area contributed by atoms with Crippen LogP contribution < -0.4 is 5.73 Å². The standard InChI is InChI=1S/C12H26N2OS/c1-5-16-9-8-11(3)14(4)12(15)7-6-10(2)13/h10-11H,5-9,13H2,1-4H3. The smallest absolute Gasteiger partial charge is 0.222 e. The maximum atomic E-state index is 11.8. The number of nitrogens with two attached hydrogens (primary N) is 1. The summed E-state index contributed by atoms with van der Waals surface area (Å²) in [6.45, 7) is 6.21. The third-order valence-electron chi connectivity index (χ3n) is 2.75. The van der Waals surface area contributed by atoms with Crippen LogP contribution in [-0.4, -0.2) is 41.4 Å². The molecule has 2 N–H and O–H groups in total. The maximum absolute atomic E-state index is 11.8. The number of rotatable bonds is 8. The average Bonchev–Trinajstić information content (AvgIpc) is 2.24. The second-order valence-electron chi connectivity index (χ2n) is 4.36. The summed E-state index contributed by atoms with van der Waals surface area (Å²) in [7, 11) is 1.89. The number of hydrogen-bond acceptors (Lipinski definition) is 3. The Morgan fingerprint density at radius 2 is 2.00 bits per heavy atom. The molecule has 0 spiro atoms. The zero-order valence-corrected chi connectivity index (χ0v) is 11.8. The van der Waals surface area contributed by atoms with Gasteiger partial charge >= 0.3 is 0 Å². The van der Waals surface area contributed by atoms with Gasteiger partial charge in [-0.15, -0.1) is 0 Å². The predicted octanol–water partition coefficient (Wildman–Crippen LogP) is 2.10. The van der Waals surface area contributed by atoms with Crippen LogP contribution in [0.25, 0.3) is 0 Å². The summed E-state index contributed by atoms with van der Waals surface area (Å²) >= 11 is 1.93. The van der Waals surface area contributed by atoms with Crippen LogP contribution >= 0.6 is 11.8 Å². The van der Waals surface area contributed by atoms with Crippen LogP contribution in [0.2, 0.25) is 0 Å². The van der Waals surface area contributed by atoms with Gasteiger partial charge in [-0.05, 0) is 38.2 Å². The molecule has 0 aliphatic carbocycles. The van der Waals surface area contributed by atoms with Gasteiger partial charge in [0.15, 0.2) is 0 Å². The average molecular weight is 246 g/mol. The second kappa shape index (κ2) is 8.88. The molecule has 16 heavy (non-hydrogen) atoms.